The monoisotopic (exact) mass is 384 g/mol. The highest BCUT2D eigenvalue weighted by Crippen LogP contribution is 2.22. The summed E-state index contributed by atoms with van der Waals surface area (Å²) in [6.07, 6.45) is 14.4. The Kier molecular flexibility index (Phi) is 11.6. The fourth-order valence-electron chi connectivity index (χ4n) is 3.31. The van der Waals surface area contributed by atoms with Crippen LogP contribution >= 0.6 is 0 Å². The van der Waals surface area contributed by atoms with Crippen LogP contribution in [0.1, 0.15) is 98.8 Å². The number of hydrogen-bond donors (Lipinski definition) is 2. The minimum atomic E-state index is -0.570. The number of amides is 2. The summed E-state index contributed by atoms with van der Waals surface area (Å²) in [6.45, 7) is 4.56. The second-order valence-electron chi connectivity index (χ2n) is 7.27. The van der Waals surface area contributed by atoms with Crippen molar-refractivity contribution in [2.75, 3.05) is 0 Å². The van der Waals surface area contributed by atoms with Crippen LogP contribution in [0.2, 0.25) is 0 Å². The lowest BCUT2D eigenvalue weighted by Gasteiger charge is -2.06. The zero-order chi connectivity index (χ0) is 20.8. The Balaban J connectivity index is 0.000000295. The first-order valence-electron chi connectivity index (χ1n) is 10.6. The number of carbonyl (C=O) groups is 2. The van der Waals surface area contributed by atoms with Crippen LogP contribution in [0.3, 0.4) is 0 Å². The summed E-state index contributed by atoms with van der Waals surface area (Å²) in [5, 5.41) is 1.29. The number of benzene rings is 2. The van der Waals surface area contributed by atoms with Crippen LogP contribution in [0.5, 0.6) is 0 Å². The van der Waals surface area contributed by atoms with Crippen LogP contribution in [0, 0.1) is 0 Å². The third-order valence-electron chi connectivity index (χ3n) is 4.89. The molecular formula is C24H36N2O2. The SMILES string of the molecule is CCCCCCCCCCCC.NC(=O)c1cccc2cccc(C(N)=O)c12. The van der Waals surface area contributed by atoms with Crippen molar-refractivity contribution in [1.29, 1.82) is 0 Å². The van der Waals surface area contributed by atoms with Crippen molar-refractivity contribution >= 4 is 22.6 Å². The largest absolute Gasteiger partial charge is 0.366 e. The number of hydrogen-bond acceptors (Lipinski definition) is 2. The van der Waals surface area contributed by atoms with Crippen molar-refractivity contribution in [3.05, 3.63) is 47.5 Å². The van der Waals surface area contributed by atoms with Gasteiger partial charge in [-0.3, -0.25) is 9.59 Å². The van der Waals surface area contributed by atoms with Gasteiger partial charge >= 0.3 is 0 Å². The quantitative estimate of drug-likeness (QED) is 0.468. The minimum Gasteiger partial charge on any atom is -0.366 e. The molecule has 0 aromatic heterocycles. The van der Waals surface area contributed by atoms with Gasteiger partial charge in [0.25, 0.3) is 0 Å². The van der Waals surface area contributed by atoms with E-state index in [9.17, 15) is 9.59 Å². The van der Waals surface area contributed by atoms with Gasteiger partial charge in [-0.1, -0.05) is 102 Å². The van der Waals surface area contributed by atoms with Gasteiger partial charge in [-0.25, -0.2) is 0 Å². The molecule has 154 valence electrons. The van der Waals surface area contributed by atoms with Crippen molar-refractivity contribution in [2.24, 2.45) is 11.5 Å². The summed E-state index contributed by atoms with van der Waals surface area (Å²) >= 11 is 0. The Morgan fingerprint density at radius 3 is 1.32 bits per heavy atom. The standard InChI is InChI=1S/C12H10N2O2.C12H26/c13-11(15)8-5-1-3-7-4-2-6-9(10(7)8)12(14)16;1-3-5-7-9-11-12-10-8-6-4-2/h1-6H,(H2,13,15)(H2,14,16);3-12H2,1-2H3. The summed E-state index contributed by atoms with van der Waals surface area (Å²) in [4.78, 5) is 22.5. The molecule has 0 unspecified atom stereocenters. The Bertz CT molecular complexity index is 682. The van der Waals surface area contributed by atoms with E-state index >= 15 is 0 Å². The van der Waals surface area contributed by atoms with E-state index in [4.69, 9.17) is 11.5 Å². The first-order valence-corrected chi connectivity index (χ1v) is 10.6. The molecule has 0 spiro atoms. The summed E-state index contributed by atoms with van der Waals surface area (Å²) in [6, 6.07) is 10.2. The lowest BCUT2D eigenvalue weighted by Crippen LogP contribution is -2.16. The Hall–Kier alpha value is -2.36. The van der Waals surface area contributed by atoms with E-state index in [0.29, 0.717) is 16.5 Å². The van der Waals surface area contributed by atoms with Crippen molar-refractivity contribution in [2.45, 2.75) is 78.1 Å². The van der Waals surface area contributed by atoms with Gasteiger partial charge in [0.2, 0.25) is 11.8 Å². The highest BCUT2D eigenvalue weighted by Gasteiger charge is 2.12. The lowest BCUT2D eigenvalue weighted by molar-refractivity contribution is 0.0998. The van der Waals surface area contributed by atoms with Gasteiger partial charge in [-0.2, -0.15) is 0 Å². The van der Waals surface area contributed by atoms with Crippen LogP contribution < -0.4 is 11.5 Å². The van der Waals surface area contributed by atoms with E-state index in [1.54, 1.807) is 36.4 Å². The number of primary amides is 2. The van der Waals surface area contributed by atoms with E-state index in [1.165, 1.54) is 64.2 Å². The Labute approximate surface area is 169 Å². The predicted octanol–water partition coefficient (Wildman–Crippen LogP) is 5.96. The molecule has 0 saturated heterocycles. The topological polar surface area (TPSA) is 86.2 Å². The molecule has 2 aromatic carbocycles. The van der Waals surface area contributed by atoms with Crippen LogP contribution in [-0.4, -0.2) is 11.8 Å². The summed E-state index contributed by atoms with van der Waals surface area (Å²) < 4.78 is 0. The molecule has 0 heterocycles. The molecule has 2 amide bonds. The molecule has 2 aromatic rings. The van der Waals surface area contributed by atoms with E-state index in [1.807, 2.05) is 0 Å². The number of carbonyl (C=O) groups excluding carboxylic acids is 2. The normalized spacial score (nSPS) is 10.4. The minimum absolute atomic E-state index is 0.312. The zero-order valence-corrected chi connectivity index (χ0v) is 17.5. The van der Waals surface area contributed by atoms with Crippen LogP contribution in [-0.2, 0) is 0 Å². The average Bonchev–Trinajstić information content (AvgIpc) is 2.69. The van der Waals surface area contributed by atoms with E-state index in [-0.39, 0.29) is 0 Å². The van der Waals surface area contributed by atoms with Crippen LogP contribution in [0.15, 0.2) is 36.4 Å². The average molecular weight is 385 g/mol. The lowest BCUT2D eigenvalue weighted by atomic mass is 9.98. The van der Waals surface area contributed by atoms with E-state index < -0.39 is 11.8 Å². The summed E-state index contributed by atoms with van der Waals surface area (Å²) in [5.74, 6) is -1.14. The fraction of sp³-hybridized carbons (Fsp3) is 0.500. The van der Waals surface area contributed by atoms with Crippen molar-refractivity contribution < 1.29 is 9.59 Å². The molecule has 0 bridgehead atoms. The molecule has 4 heteroatoms. The Morgan fingerprint density at radius 1 is 0.643 bits per heavy atom. The maximum absolute atomic E-state index is 11.3. The van der Waals surface area contributed by atoms with Crippen molar-refractivity contribution in [3.8, 4) is 0 Å². The molecule has 4 nitrogen and oxygen atoms in total. The second-order valence-corrected chi connectivity index (χ2v) is 7.27. The maximum atomic E-state index is 11.3. The smallest absolute Gasteiger partial charge is 0.249 e. The van der Waals surface area contributed by atoms with Crippen LogP contribution in [0.4, 0.5) is 0 Å². The number of unbranched alkanes of at least 4 members (excludes halogenated alkanes) is 9. The first kappa shape index (κ1) is 23.7. The van der Waals surface area contributed by atoms with Crippen molar-refractivity contribution in [3.63, 3.8) is 0 Å². The van der Waals surface area contributed by atoms with Gasteiger partial charge < -0.3 is 11.5 Å². The fourth-order valence-corrected chi connectivity index (χ4v) is 3.31. The second kappa shape index (κ2) is 13.8. The van der Waals surface area contributed by atoms with Gasteiger partial charge in [-0.05, 0) is 17.5 Å². The van der Waals surface area contributed by atoms with Gasteiger partial charge in [0.15, 0.2) is 0 Å². The molecule has 28 heavy (non-hydrogen) atoms. The molecule has 4 N–H and O–H groups in total. The molecule has 0 aliphatic heterocycles. The van der Waals surface area contributed by atoms with Gasteiger partial charge in [-0.15, -0.1) is 0 Å². The van der Waals surface area contributed by atoms with Gasteiger partial charge in [0.1, 0.15) is 0 Å². The maximum Gasteiger partial charge on any atom is 0.249 e. The number of fused-ring (bicyclic) bond motifs is 1. The predicted molar refractivity (Wildman–Crippen MR) is 119 cm³/mol. The molecule has 0 atom stereocenters. The van der Waals surface area contributed by atoms with E-state index in [0.717, 1.165) is 5.39 Å². The van der Waals surface area contributed by atoms with Gasteiger partial charge in [0.05, 0.1) is 0 Å². The third kappa shape index (κ3) is 8.12. The molecule has 0 aliphatic carbocycles. The molecular weight excluding hydrogens is 348 g/mol. The van der Waals surface area contributed by atoms with E-state index in [2.05, 4.69) is 13.8 Å². The summed E-state index contributed by atoms with van der Waals surface area (Å²) in [7, 11) is 0. The number of rotatable bonds is 11. The molecule has 0 aliphatic rings. The molecule has 2 rings (SSSR count). The molecule has 0 radical (unpaired) electrons. The third-order valence-corrected chi connectivity index (χ3v) is 4.89. The summed E-state index contributed by atoms with van der Waals surface area (Å²) in [5.41, 5.74) is 11.1. The highest BCUT2D eigenvalue weighted by atomic mass is 16.1. The number of nitrogens with two attached hydrogens (primary N) is 2. The van der Waals surface area contributed by atoms with Crippen molar-refractivity contribution in [1.82, 2.24) is 0 Å². The zero-order valence-electron chi connectivity index (χ0n) is 17.5. The van der Waals surface area contributed by atoms with Gasteiger partial charge in [0, 0.05) is 16.5 Å². The van der Waals surface area contributed by atoms with Crippen LogP contribution in [0.25, 0.3) is 10.8 Å². The molecule has 0 saturated carbocycles. The highest BCUT2D eigenvalue weighted by molar-refractivity contribution is 6.15. The molecule has 0 fully saturated rings. The Morgan fingerprint density at radius 2 is 1.00 bits per heavy atom. The first-order chi connectivity index (χ1) is 13.5.